The minimum atomic E-state index is -0.0547. The maximum Gasteiger partial charge on any atom is 0.258 e. The quantitative estimate of drug-likeness (QED) is 0.523. The summed E-state index contributed by atoms with van der Waals surface area (Å²) in [7, 11) is 0. The molecule has 0 radical (unpaired) electrons. The normalized spacial score (nSPS) is 11.1. The van der Waals surface area contributed by atoms with Crippen LogP contribution in [0, 0.1) is 6.92 Å². The average molecular weight is 388 g/mol. The Balaban J connectivity index is 1.44. The lowest BCUT2D eigenvalue weighted by Crippen LogP contribution is -2.12. The van der Waals surface area contributed by atoms with Crippen LogP contribution >= 0.6 is 34.4 Å². The topological polar surface area (TPSA) is 72.2 Å². The lowest BCUT2D eigenvalue weighted by Gasteiger charge is -2.02. The van der Waals surface area contributed by atoms with Gasteiger partial charge < -0.3 is 5.32 Å². The van der Waals surface area contributed by atoms with E-state index in [1.165, 1.54) is 40.0 Å². The predicted molar refractivity (Wildman–Crippen MR) is 103 cm³/mol. The highest BCUT2D eigenvalue weighted by Crippen LogP contribution is 2.29. The van der Waals surface area contributed by atoms with Crippen LogP contribution in [-0.4, -0.2) is 19.6 Å². The molecule has 0 atom stereocenters. The van der Waals surface area contributed by atoms with Crippen molar-refractivity contribution in [1.82, 2.24) is 19.6 Å². The fourth-order valence-corrected chi connectivity index (χ4v) is 4.67. The molecule has 0 spiro atoms. The Morgan fingerprint density at radius 2 is 2.20 bits per heavy atom. The van der Waals surface area contributed by atoms with Crippen LogP contribution < -0.4 is 10.9 Å². The number of thioether (sulfide) groups is 1. The summed E-state index contributed by atoms with van der Waals surface area (Å²) < 4.78 is 2.39. The molecule has 0 aliphatic carbocycles. The molecule has 1 N–H and O–H groups in total. The van der Waals surface area contributed by atoms with Crippen LogP contribution in [0.25, 0.3) is 4.96 Å². The van der Waals surface area contributed by atoms with Crippen molar-refractivity contribution in [2.45, 2.75) is 17.0 Å². The highest BCUT2D eigenvalue weighted by atomic mass is 32.2. The lowest BCUT2D eigenvalue weighted by atomic mass is 10.2. The molecule has 0 unspecified atom stereocenters. The minimum absolute atomic E-state index is 0.0547. The van der Waals surface area contributed by atoms with Crippen molar-refractivity contribution in [3.8, 4) is 0 Å². The Kier molecular flexibility index (Phi) is 4.51. The Morgan fingerprint density at radius 1 is 1.28 bits per heavy atom. The number of nitrogens with one attached hydrogen (secondary N) is 1. The first-order valence-electron chi connectivity index (χ1n) is 7.43. The summed E-state index contributed by atoms with van der Waals surface area (Å²) in [4.78, 5) is 17.2. The van der Waals surface area contributed by atoms with Crippen LogP contribution in [0.4, 0.5) is 10.8 Å². The van der Waals surface area contributed by atoms with Gasteiger partial charge in [-0.15, -0.1) is 21.5 Å². The molecule has 3 heterocycles. The van der Waals surface area contributed by atoms with E-state index in [0.717, 1.165) is 20.9 Å². The third-order valence-electron chi connectivity index (χ3n) is 3.38. The van der Waals surface area contributed by atoms with Gasteiger partial charge >= 0.3 is 0 Å². The standard InChI is InChI=1S/C16H13N5OS3/c1-10-3-2-4-11(7-10)17-14-19-20-16(25-14)24-9-12-8-13(22)21-5-6-23-15(21)18-12/h2-8H,9H2,1H3,(H,17,19). The van der Waals surface area contributed by atoms with E-state index in [1.807, 2.05) is 30.5 Å². The maximum absolute atomic E-state index is 12.0. The molecular weight excluding hydrogens is 374 g/mol. The van der Waals surface area contributed by atoms with Crippen LogP contribution in [0.1, 0.15) is 11.3 Å². The summed E-state index contributed by atoms with van der Waals surface area (Å²) >= 11 is 4.46. The molecule has 1 aromatic carbocycles. The van der Waals surface area contributed by atoms with Crippen LogP contribution in [0.2, 0.25) is 0 Å². The van der Waals surface area contributed by atoms with Gasteiger partial charge in [0.05, 0.1) is 5.69 Å². The average Bonchev–Trinajstić information content (AvgIpc) is 3.22. The zero-order valence-electron chi connectivity index (χ0n) is 13.2. The van der Waals surface area contributed by atoms with E-state index in [2.05, 4.69) is 26.6 Å². The van der Waals surface area contributed by atoms with Crippen LogP contribution in [0.15, 0.2) is 51.0 Å². The van der Waals surface area contributed by atoms with E-state index in [9.17, 15) is 4.79 Å². The molecule has 25 heavy (non-hydrogen) atoms. The Hall–Kier alpha value is -2.23. The number of hydrogen-bond acceptors (Lipinski definition) is 8. The second-order valence-corrected chi connectivity index (χ2v) is 8.37. The molecule has 0 aliphatic rings. The summed E-state index contributed by atoms with van der Waals surface area (Å²) in [6, 6.07) is 9.67. The van der Waals surface area contributed by atoms with Crippen LogP contribution in [-0.2, 0) is 5.75 Å². The van der Waals surface area contributed by atoms with Gasteiger partial charge in [-0.25, -0.2) is 4.98 Å². The summed E-state index contributed by atoms with van der Waals surface area (Å²) in [6.45, 7) is 2.05. The van der Waals surface area contributed by atoms with Crippen molar-refractivity contribution in [3.05, 3.63) is 63.5 Å². The van der Waals surface area contributed by atoms with Gasteiger partial charge in [-0.1, -0.05) is 35.2 Å². The number of aryl methyl sites for hydroxylation is 1. The first kappa shape index (κ1) is 16.2. The fraction of sp³-hybridized carbons (Fsp3) is 0.125. The highest BCUT2D eigenvalue weighted by Gasteiger charge is 2.08. The van der Waals surface area contributed by atoms with Gasteiger partial charge in [-0.2, -0.15) is 0 Å². The predicted octanol–water partition coefficient (Wildman–Crippen LogP) is 3.95. The van der Waals surface area contributed by atoms with Crippen LogP contribution in [0.3, 0.4) is 0 Å². The number of hydrogen-bond donors (Lipinski definition) is 1. The largest absolute Gasteiger partial charge is 0.330 e. The summed E-state index contributed by atoms with van der Waals surface area (Å²) in [5.41, 5.74) is 2.87. The summed E-state index contributed by atoms with van der Waals surface area (Å²) in [6.07, 6.45) is 1.74. The van der Waals surface area contributed by atoms with E-state index in [-0.39, 0.29) is 5.56 Å². The molecule has 126 valence electrons. The van der Waals surface area contributed by atoms with Gasteiger partial charge in [-0.3, -0.25) is 9.20 Å². The highest BCUT2D eigenvalue weighted by molar-refractivity contribution is 8.00. The number of thiazole rings is 1. The van der Waals surface area contributed by atoms with Gasteiger partial charge in [0.25, 0.3) is 5.56 Å². The number of aromatic nitrogens is 4. The molecule has 0 amide bonds. The Morgan fingerprint density at radius 3 is 3.08 bits per heavy atom. The summed E-state index contributed by atoms with van der Waals surface area (Å²) in [5.74, 6) is 0.586. The van der Waals surface area contributed by atoms with Crippen molar-refractivity contribution in [1.29, 1.82) is 0 Å². The molecule has 0 saturated heterocycles. The number of anilines is 2. The SMILES string of the molecule is Cc1cccc(Nc2nnc(SCc3cc(=O)n4ccsc4n3)s2)c1. The Bertz CT molecular complexity index is 1080. The van der Waals surface area contributed by atoms with Crippen molar-refractivity contribution < 1.29 is 0 Å². The smallest absolute Gasteiger partial charge is 0.258 e. The summed E-state index contributed by atoms with van der Waals surface area (Å²) in [5, 5.41) is 14.2. The van der Waals surface area contributed by atoms with E-state index >= 15 is 0 Å². The first-order chi connectivity index (χ1) is 12.2. The van der Waals surface area contributed by atoms with E-state index in [0.29, 0.717) is 10.7 Å². The lowest BCUT2D eigenvalue weighted by molar-refractivity contribution is 1.01. The van der Waals surface area contributed by atoms with Crippen LogP contribution in [0.5, 0.6) is 0 Å². The molecule has 0 aliphatic heterocycles. The Labute approximate surface area is 155 Å². The second-order valence-electron chi connectivity index (χ2n) is 5.30. The van der Waals surface area contributed by atoms with Gasteiger partial charge in [-0.05, 0) is 24.6 Å². The molecule has 4 aromatic rings. The molecule has 9 heteroatoms. The third kappa shape index (κ3) is 3.73. The molecule has 4 rings (SSSR count). The number of benzene rings is 1. The zero-order chi connectivity index (χ0) is 17.2. The van der Waals surface area contributed by atoms with Gasteiger partial charge in [0.1, 0.15) is 0 Å². The molecule has 0 saturated carbocycles. The maximum atomic E-state index is 12.0. The second kappa shape index (κ2) is 6.95. The molecule has 0 fully saturated rings. The van der Waals surface area contributed by atoms with Gasteiger partial charge in [0, 0.05) is 29.1 Å². The zero-order valence-corrected chi connectivity index (χ0v) is 15.6. The molecule has 6 nitrogen and oxygen atoms in total. The first-order valence-corrected chi connectivity index (χ1v) is 10.1. The number of nitrogens with zero attached hydrogens (tertiary/aromatic N) is 4. The van der Waals surface area contributed by atoms with Gasteiger partial charge in [0.2, 0.25) is 5.13 Å². The van der Waals surface area contributed by atoms with E-state index in [1.54, 1.807) is 16.7 Å². The molecule has 3 aromatic heterocycles. The van der Waals surface area contributed by atoms with Crippen molar-refractivity contribution >= 4 is 50.2 Å². The van der Waals surface area contributed by atoms with Crippen molar-refractivity contribution in [2.24, 2.45) is 0 Å². The molecular formula is C16H13N5OS3. The van der Waals surface area contributed by atoms with Crippen molar-refractivity contribution in [3.63, 3.8) is 0 Å². The molecule has 0 bridgehead atoms. The van der Waals surface area contributed by atoms with E-state index in [4.69, 9.17) is 0 Å². The number of fused-ring (bicyclic) bond motifs is 1. The monoisotopic (exact) mass is 387 g/mol. The van der Waals surface area contributed by atoms with Gasteiger partial charge in [0.15, 0.2) is 9.30 Å². The third-order valence-corrected chi connectivity index (χ3v) is 6.14. The van der Waals surface area contributed by atoms with E-state index < -0.39 is 0 Å². The van der Waals surface area contributed by atoms with Crippen molar-refractivity contribution in [2.75, 3.05) is 5.32 Å². The number of rotatable bonds is 5. The minimum Gasteiger partial charge on any atom is -0.330 e. The fourth-order valence-electron chi connectivity index (χ4n) is 2.26.